The van der Waals surface area contributed by atoms with Gasteiger partial charge in [0, 0.05) is 34.2 Å². The van der Waals surface area contributed by atoms with Crippen molar-refractivity contribution in [2.24, 2.45) is 5.16 Å². The van der Waals surface area contributed by atoms with Crippen LogP contribution >= 0.6 is 0 Å². The number of fused-ring (bicyclic) bond motifs is 5. The fourth-order valence-corrected chi connectivity index (χ4v) is 5.12. The Hall–Kier alpha value is -4.90. The first-order valence-electron chi connectivity index (χ1n) is 12.3. The smallest absolute Gasteiger partial charge is 0.343 e. The summed E-state index contributed by atoms with van der Waals surface area (Å²) in [6, 6.07) is 15.2. The lowest BCUT2D eigenvalue weighted by molar-refractivity contribution is -0.384. The molecule has 6 rings (SSSR count). The summed E-state index contributed by atoms with van der Waals surface area (Å²) in [5.41, 5.74) is 2.17. The number of nitro groups is 1. The molecule has 4 heterocycles. The van der Waals surface area contributed by atoms with Crippen LogP contribution in [0.25, 0.3) is 22.3 Å². The average Bonchev–Trinajstić information content (AvgIpc) is 3.31. The molecule has 1 atom stereocenters. The fraction of sp³-hybridized carbons (Fsp3) is 0.214. The van der Waals surface area contributed by atoms with Crippen LogP contribution < -0.4 is 5.56 Å². The van der Waals surface area contributed by atoms with Crippen molar-refractivity contribution in [3.8, 4) is 11.4 Å². The van der Waals surface area contributed by atoms with Crippen molar-refractivity contribution >= 4 is 28.8 Å². The Kier molecular flexibility index (Phi) is 5.72. The summed E-state index contributed by atoms with van der Waals surface area (Å²) in [6.07, 6.45) is 1.63. The topological polar surface area (TPSA) is 146 Å². The van der Waals surface area contributed by atoms with Gasteiger partial charge in [-0.15, -0.1) is 0 Å². The molecule has 11 heteroatoms. The highest BCUT2D eigenvalue weighted by Crippen LogP contribution is 2.39. The van der Waals surface area contributed by atoms with Crippen LogP contribution in [0.15, 0.2) is 64.5 Å². The van der Waals surface area contributed by atoms with Gasteiger partial charge in [-0.2, -0.15) is 0 Å². The van der Waals surface area contributed by atoms with E-state index < -0.39 is 16.5 Å². The highest BCUT2D eigenvalue weighted by Gasteiger charge is 2.45. The second kappa shape index (κ2) is 9.14. The maximum absolute atomic E-state index is 13.5. The maximum atomic E-state index is 13.5. The second-order valence-corrected chi connectivity index (χ2v) is 9.40. The second-order valence-electron chi connectivity index (χ2n) is 9.40. The number of ether oxygens (including phenoxy) is 1. The lowest BCUT2D eigenvalue weighted by Crippen LogP contribution is -2.44. The highest BCUT2D eigenvalue weighted by atomic mass is 16.6. The van der Waals surface area contributed by atoms with Gasteiger partial charge in [-0.05, 0) is 36.2 Å². The van der Waals surface area contributed by atoms with Crippen molar-refractivity contribution in [2.45, 2.75) is 38.7 Å². The molecule has 196 valence electrons. The summed E-state index contributed by atoms with van der Waals surface area (Å²) in [7, 11) is 0. The number of esters is 1. The molecule has 1 N–H and O–H groups in total. The summed E-state index contributed by atoms with van der Waals surface area (Å²) in [4.78, 5) is 46.6. The Balaban J connectivity index is 1.40. The largest absolute Gasteiger partial charge is 0.458 e. The van der Waals surface area contributed by atoms with Gasteiger partial charge in [0.15, 0.2) is 5.60 Å². The molecule has 4 aromatic rings. The molecular formula is C28H22N4O7. The average molecular weight is 527 g/mol. The normalized spacial score (nSPS) is 17.5. The number of aliphatic hydroxyl groups is 1. The van der Waals surface area contributed by atoms with E-state index in [4.69, 9.17) is 14.6 Å². The first kappa shape index (κ1) is 24.4. The molecule has 2 aliphatic rings. The number of benzene rings is 2. The van der Waals surface area contributed by atoms with Crippen molar-refractivity contribution in [3.63, 3.8) is 0 Å². The molecule has 11 nitrogen and oxygen atoms in total. The van der Waals surface area contributed by atoms with Crippen molar-refractivity contribution in [1.29, 1.82) is 0 Å². The Morgan fingerprint density at radius 2 is 1.97 bits per heavy atom. The Bertz CT molecular complexity index is 1760. The molecule has 0 saturated heterocycles. The standard InChI is InChI=1S/C28H22N4O7/c1-2-28(35)22-11-24-25-20(13-31(24)26(33)21(22)15-38-27(28)34)19(18-5-3-4-6-23(18)30-25)12-29-39-14-16-7-9-17(10-8-16)32(36)37/h3-12,35H,2,13-15H2,1H3/b29-12+/t28-/m0/s1. The maximum Gasteiger partial charge on any atom is 0.343 e. The van der Waals surface area contributed by atoms with Crippen LogP contribution in [0.2, 0.25) is 0 Å². The number of nitro benzene ring substituents is 1. The van der Waals surface area contributed by atoms with Gasteiger partial charge in [-0.3, -0.25) is 14.9 Å². The Morgan fingerprint density at radius 1 is 1.21 bits per heavy atom. The third-order valence-electron chi connectivity index (χ3n) is 7.27. The van der Waals surface area contributed by atoms with E-state index in [1.807, 2.05) is 24.3 Å². The Labute approximate surface area is 221 Å². The lowest BCUT2D eigenvalue weighted by Gasteiger charge is -2.31. The lowest BCUT2D eigenvalue weighted by atomic mass is 9.86. The third-order valence-corrected chi connectivity index (χ3v) is 7.27. The molecule has 0 spiro atoms. The van der Waals surface area contributed by atoms with E-state index in [-0.39, 0.29) is 48.6 Å². The molecule has 0 bridgehead atoms. The van der Waals surface area contributed by atoms with Crippen molar-refractivity contribution < 1.29 is 24.4 Å². The van der Waals surface area contributed by atoms with Crippen LogP contribution in [-0.2, 0) is 39.7 Å². The number of rotatable bonds is 6. The molecular weight excluding hydrogens is 504 g/mol. The minimum Gasteiger partial charge on any atom is -0.458 e. The third kappa shape index (κ3) is 3.86. The van der Waals surface area contributed by atoms with Crippen molar-refractivity contribution in [3.05, 3.63) is 103 Å². The molecule has 0 fully saturated rings. The van der Waals surface area contributed by atoms with E-state index in [9.17, 15) is 24.8 Å². The highest BCUT2D eigenvalue weighted by molar-refractivity contribution is 6.02. The van der Waals surface area contributed by atoms with Gasteiger partial charge in [0.05, 0.1) is 40.2 Å². The van der Waals surface area contributed by atoms with Gasteiger partial charge in [0.1, 0.15) is 13.2 Å². The number of cyclic esters (lactones) is 1. The van der Waals surface area contributed by atoms with E-state index in [0.29, 0.717) is 22.5 Å². The molecule has 0 amide bonds. The first-order valence-corrected chi connectivity index (χ1v) is 12.3. The van der Waals surface area contributed by atoms with Gasteiger partial charge in [-0.1, -0.05) is 30.3 Å². The predicted molar refractivity (Wildman–Crippen MR) is 140 cm³/mol. The van der Waals surface area contributed by atoms with E-state index in [1.54, 1.807) is 35.9 Å². The molecule has 39 heavy (non-hydrogen) atoms. The summed E-state index contributed by atoms with van der Waals surface area (Å²) in [5, 5.41) is 26.9. The predicted octanol–water partition coefficient (Wildman–Crippen LogP) is 3.54. The number of carbonyl (C=O) groups excluding carboxylic acids is 1. The van der Waals surface area contributed by atoms with E-state index in [1.165, 1.54) is 12.1 Å². The van der Waals surface area contributed by atoms with Crippen molar-refractivity contribution in [1.82, 2.24) is 9.55 Å². The number of carbonyl (C=O) groups is 1. The molecule has 0 radical (unpaired) electrons. The van der Waals surface area contributed by atoms with Crippen molar-refractivity contribution in [2.75, 3.05) is 0 Å². The van der Waals surface area contributed by atoms with Gasteiger partial charge >= 0.3 is 5.97 Å². The minimum atomic E-state index is -1.90. The number of pyridine rings is 2. The van der Waals surface area contributed by atoms with Crippen LogP contribution in [0.1, 0.15) is 41.2 Å². The number of para-hydroxylation sites is 1. The summed E-state index contributed by atoms with van der Waals surface area (Å²) >= 11 is 0. The zero-order valence-corrected chi connectivity index (χ0v) is 20.8. The number of oxime groups is 1. The SMILES string of the molecule is CC[C@@]1(O)C(=O)OCc2c1cc1n(c2=O)Cc2c-1nc1ccccc1c2/C=N/OCc1ccc([N+](=O)[O-])cc1. The number of aromatic nitrogens is 2. The van der Waals surface area contributed by atoms with Gasteiger partial charge in [0.2, 0.25) is 0 Å². The number of hydrogen-bond acceptors (Lipinski definition) is 9. The Morgan fingerprint density at radius 3 is 2.72 bits per heavy atom. The minimum absolute atomic E-state index is 0.00846. The monoisotopic (exact) mass is 526 g/mol. The van der Waals surface area contributed by atoms with Gasteiger partial charge in [-0.25, -0.2) is 9.78 Å². The summed E-state index contributed by atoms with van der Waals surface area (Å²) in [5.74, 6) is -0.774. The molecule has 0 unspecified atom stereocenters. The molecule has 0 aliphatic carbocycles. The van der Waals surface area contributed by atoms with Gasteiger partial charge in [0.25, 0.3) is 11.2 Å². The molecule has 2 aliphatic heterocycles. The zero-order chi connectivity index (χ0) is 27.3. The van der Waals surface area contributed by atoms with Gasteiger partial charge < -0.3 is 19.2 Å². The summed E-state index contributed by atoms with van der Waals surface area (Å²) < 4.78 is 6.72. The number of hydrogen-bond donors (Lipinski definition) is 1. The first-order chi connectivity index (χ1) is 18.8. The number of non-ortho nitro benzene ring substituents is 1. The molecule has 0 saturated carbocycles. The van der Waals surface area contributed by atoms with E-state index in [0.717, 1.165) is 16.5 Å². The quantitative estimate of drug-likeness (QED) is 0.153. The van der Waals surface area contributed by atoms with Crippen LogP contribution in [0.5, 0.6) is 0 Å². The molecule has 2 aromatic heterocycles. The fourth-order valence-electron chi connectivity index (χ4n) is 5.12. The number of nitrogens with zero attached hydrogens (tertiary/aromatic N) is 4. The van der Waals surface area contributed by atoms with E-state index >= 15 is 0 Å². The molecule has 2 aromatic carbocycles. The van der Waals surface area contributed by atoms with Crippen LogP contribution in [-0.4, -0.2) is 31.8 Å². The van der Waals surface area contributed by atoms with E-state index in [2.05, 4.69) is 5.16 Å². The zero-order valence-electron chi connectivity index (χ0n) is 20.8. The summed E-state index contributed by atoms with van der Waals surface area (Å²) in [6.45, 7) is 1.78. The van der Waals surface area contributed by atoms with Crippen LogP contribution in [0.4, 0.5) is 5.69 Å². The van der Waals surface area contributed by atoms with Crippen LogP contribution in [0, 0.1) is 10.1 Å². The van der Waals surface area contributed by atoms with Crippen LogP contribution in [0.3, 0.4) is 0 Å².